The van der Waals surface area contributed by atoms with Gasteiger partial charge >= 0.3 is 0 Å². The highest BCUT2D eigenvalue weighted by molar-refractivity contribution is 5.76. The van der Waals surface area contributed by atoms with Crippen LogP contribution in [0.4, 0.5) is 0 Å². The third-order valence-electron chi connectivity index (χ3n) is 4.60. The van der Waals surface area contributed by atoms with Crippen molar-refractivity contribution in [2.75, 3.05) is 13.1 Å². The Labute approximate surface area is 134 Å². The molecule has 0 saturated carbocycles. The second-order valence-corrected chi connectivity index (χ2v) is 7.57. The molecule has 1 heterocycles. The molecule has 0 bridgehead atoms. The highest BCUT2D eigenvalue weighted by Gasteiger charge is 2.27. The van der Waals surface area contributed by atoms with Gasteiger partial charge in [-0.1, -0.05) is 51.1 Å². The van der Waals surface area contributed by atoms with E-state index < -0.39 is 0 Å². The number of amides is 1. The average Bonchev–Trinajstić information content (AvgIpc) is 2.48. The van der Waals surface area contributed by atoms with Crippen LogP contribution in [0.25, 0.3) is 0 Å². The minimum Gasteiger partial charge on any atom is -0.353 e. The zero-order valence-corrected chi connectivity index (χ0v) is 14.2. The summed E-state index contributed by atoms with van der Waals surface area (Å²) >= 11 is 0. The standard InChI is InChI=1S/C19H30N2O/c1-19(2,3)17(13-15-7-5-4-6-8-15)21-18(22)14-16-9-11-20-12-10-16/h4-8,16-17,20H,9-14H2,1-3H3,(H,21,22)/t17-/m1/s1. The molecule has 2 N–H and O–H groups in total. The molecule has 1 aromatic rings. The van der Waals surface area contributed by atoms with Crippen molar-refractivity contribution in [1.82, 2.24) is 10.6 Å². The van der Waals surface area contributed by atoms with Crippen LogP contribution in [0.2, 0.25) is 0 Å². The summed E-state index contributed by atoms with van der Waals surface area (Å²) in [5.41, 5.74) is 1.34. The SMILES string of the molecule is CC(C)(C)[C@@H](Cc1ccccc1)NC(=O)CC1CCNCC1. The number of carbonyl (C=O) groups excluding carboxylic acids is 1. The highest BCUT2D eigenvalue weighted by atomic mass is 16.1. The molecule has 3 heteroatoms. The largest absolute Gasteiger partial charge is 0.353 e. The van der Waals surface area contributed by atoms with Gasteiger partial charge < -0.3 is 10.6 Å². The Hall–Kier alpha value is -1.35. The van der Waals surface area contributed by atoms with Crippen LogP contribution in [0.3, 0.4) is 0 Å². The van der Waals surface area contributed by atoms with Gasteiger partial charge in [-0.2, -0.15) is 0 Å². The van der Waals surface area contributed by atoms with E-state index in [1.807, 2.05) is 6.07 Å². The van der Waals surface area contributed by atoms with E-state index in [1.165, 1.54) is 5.56 Å². The van der Waals surface area contributed by atoms with Crippen LogP contribution in [0, 0.1) is 11.3 Å². The lowest BCUT2D eigenvalue weighted by Gasteiger charge is -2.32. The summed E-state index contributed by atoms with van der Waals surface area (Å²) in [5, 5.41) is 6.65. The van der Waals surface area contributed by atoms with Crippen LogP contribution in [-0.4, -0.2) is 25.0 Å². The summed E-state index contributed by atoms with van der Waals surface area (Å²) in [6.07, 6.45) is 3.80. The number of rotatable bonds is 5. The van der Waals surface area contributed by atoms with Gasteiger partial charge in [-0.25, -0.2) is 0 Å². The number of hydrogen-bond donors (Lipinski definition) is 2. The lowest BCUT2D eigenvalue weighted by atomic mass is 9.82. The van der Waals surface area contributed by atoms with Crippen LogP contribution >= 0.6 is 0 Å². The number of piperidine rings is 1. The van der Waals surface area contributed by atoms with Crippen molar-refractivity contribution in [2.24, 2.45) is 11.3 Å². The van der Waals surface area contributed by atoms with E-state index >= 15 is 0 Å². The van der Waals surface area contributed by atoms with Crippen molar-refractivity contribution in [1.29, 1.82) is 0 Å². The number of carbonyl (C=O) groups is 1. The predicted molar refractivity (Wildman–Crippen MR) is 91.7 cm³/mol. The molecule has 1 aliphatic rings. The van der Waals surface area contributed by atoms with E-state index in [1.54, 1.807) is 0 Å². The molecule has 122 valence electrons. The van der Waals surface area contributed by atoms with Crippen molar-refractivity contribution < 1.29 is 4.79 Å². The minimum atomic E-state index is 0.0552. The lowest BCUT2D eigenvalue weighted by molar-refractivity contribution is -0.123. The molecule has 22 heavy (non-hydrogen) atoms. The van der Waals surface area contributed by atoms with Crippen molar-refractivity contribution in [3.05, 3.63) is 35.9 Å². The van der Waals surface area contributed by atoms with Gasteiger partial charge in [0.25, 0.3) is 0 Å². The van der Waals surface area contributed by atoms with E-state index in [0.29, 0.717) is 12.3 Å². The van der Waals surface area contributed by atoms with Crippen molar-refractivity contribution in [3.63, 3.8) is 0 Å². The zero-order valence-electron chi connectivity index (χ0n) is 14.2. The van der Waals surface area contributed by atoms with Gasteiger partial charge in [0.2, 0.25) is 5.91 Å². The third kappa shape index (κ3) is 5.45. The second kappa shape index (κ2) is 7.77. The molecule has 0 radical (unpaired) electrons. The van der Waals surface area contributed by atoms with Gasteiger partial charge in [-0.3, -0.25) is 4.79 Å². The maximum Gasteiger partial charge on any atom is 0.220 e. The molecule has 0 aromatic heterocycles. The average molecular weight is 302 g/mol. The maximum atomic E-state index is 12.4. The molecule has 1 amide bonds. The first-order chi connectivity index (χ1) is 10.4. The molecule has 1 aliphatic heterocycles. The molecule has 2 rings (SSSR count). The molecular weight excluding hydrogens is 272 g/mol. The monoisotopic (exact) mass is 302 g/mol. The Bertz CT molecular complexity index is 458. The summed E-state index contributed by atoms with van der Waals surface area (Å²) in [7, 11) is 0. The molecule has 1 fully saturated rings. The van der Waals surface area contributed by atoms with Crippen LogP contribution in [-0.2, 0) is 11.2 Å². The van der Waals surface area contributed by atoms with E-state index in [-0.39, 0.29) is 17.4 Å². The van der Waals surface area contributed by atoms with E-state index in [4.69, 9.17) is 0 Å². The quantitative estimate of drug-likeness (QED) is 0.877. The lowest BCUT2D eigenvalue weighted by Crippen LogP contribution is -2.46. The van der Waals surface area contributed by atoms with Gasteiger partial charge in [-0.05, 0) is 49.2 Å². The van der Waals surface area contributed by atoms with Crippen LogP contribution < -0.4 is 10.6 Å². The fourth-order valence-electron chi connectivity index (χ4n) is 3.02. The van der Waals surface area contributed by atoms with Gasteiger partial charge in [0.1, 0.15) is 0 Å². The van der Waals surface area contributed by atoms with Gasteiger partial charge in [0.15, 0.2) is 0 Å². The first kappa shape index (κ1) is 17.0. The highest BCUT2D eigenvalue weighted by Crippen LogP contribution is 2.23. The summed E-state index contributed by atoms with van der Waals surface area (Å²) in [4.78, 5) is 12.4. The molecule has 1 saturated heterocycles. The van der Waals surface area contributed by atoms with E-state index in [9.17, 15) is 4.79 Å². The summed E-state index contributed by atoms with van der Waals surface area (Å²) in [6.45, 7) is 8.69. The number of benzene rings is 1. The molecular formula is C19H30N2O. The number of nitrogens with one attached hydrogen (secondary N) is 2. The first-order valence-corrected chi connectivity index (χ1v) is 8.49. The minimum absolute atomic E-state index is 0.0552. The zero-order chi connectivity index (χ0) is 16.0. The molecule has 1 aromatic carbocycles. The smallest absolute Gasteiger partial charge is 0.220 e. The summed E-state index contributed by atoms with van der Waals surface area (Å²) in [5.74, 6) is 0.751. The van der Waals surface area contributed by atoms with Crippen molar-refractivity contribution >= 4 is 5.91 Å². The van der Waals surface area contributed by atoms with Gasteiger partial charge in [0, 0.05) is 12.5 Å². The molecule has 1 atom stereocenters. The van der Waals surface area contributed by atoms with E-state index in [0.717, 1.165) is 32.4 Å². The Balaban J connectivity index is 1.93. The number of hydrogen-bond acceptors (Lipinski definition) is 2. The Morgan fingerprint density at radius 2 is 1.86 bits per heavy atom. The van der Waals surface area contributed by atoms with Gasteiger partial charge in [0.05, 0.1) is 0 Å². The second-order valence-electron chi connectivity index (χ2n) is 7.57. The topological polar surface area (TPSA) is 41.1 Å². The summed E-state index contributed by atoms with van der Waals surface area (Å²) < 4.78 is 0. The van der Waals surface area contributed by atoms with Gasteiger partial charge in [-0.15, -0.1) is 0 Å². The third-order valence-corrected chi connectivity index (χ3v) is 4.60. The normalized spacial score (nSPS) is 18.0. The maximum absolute atomic E-state index is 12.4. The van der Waals surface area contributed by atoms with Crippen LogP contribution in [0.5, 0.6) is 0 Å². The molecule has 0 spiro atoms. The summed E-state index contributed by atoms with van der Waals surface area (Å²) in [6, 6.07) is 10.6. The van der Waals surface area contributed by atoms with Crippen LogP contribution in [0.1, 0.15) is 45.6 Å². The Morgan fingerprint density at radius 3 is 2.45 bits per heavy atom. The fraction of sp³-hybridized carbons (Fsp3) is 0.632. The molecule has 0 unspecified atom stereocenters. The Morgan fingerprint density at radius 1 is 1.23 bits per heavy atom. The van der Waals surface area contributed by atoms with Crippen molar-refractivity contribution in [2.45, 2.75) is 52.5 Å². The van der Waals surface area contributed by atoms with Crippen LogP contribution in [0.15, 0.2) is 30.3 Å². The molecule has 0 aliphatic carbocycles. The predicted octanol–water partition coefficient (Wildman–Crippen LogP) is 3.15. The fourth-order valence-corrected chi connectivity index (χ4v) is 3.02. The first-order valence-electron chi connectivity index (χ1n) is 8.49. The molecule has 3 nitrogen and oxygen atoms in total. The Kier molecular flexibility index (Phi) is 6.01. The van der Waals surface area contributed by atoms with E-state index in [2.05, 4.69) is 55.7 Å². The van der Waals surface area contributed by atoms with Crippen molar-refractivity contribution in [3.8, 4) is 0 Å².